The third kappa shape index (κ3) is 3.75. The Morgan fingerprint density at radius 1 is 1.08 bits per heavy atom. The number of thiocarbonyl (C=S) groups is 1. The number of nitrogen functional groups attached to an aromatic ring is 1. The monoisotopic (exact) mass is 383 g/mol. The third-order valence-electron chi connectivity index (χ3n) is 5.37. The first-order valence-corrected chi connectivity index (χ1v) is 10.8. The Morgan fingerprint density at radius 3 is 2.62 bits per heavy atom. The smallest absolute Gasteiger partial charge is 0.0837 e. The molecule has 0 amide bonds. The van der Waals surface area contributed by atoms with Gasteiger partial charge in [-0.25, -0.2) is 0 Å². The van der Waals surface area contributed by atoms with Gasteiger partial charge in [0.25, 0.3) is 0 Å². The number of nitrogens with zero attached hydrogens (tertiary/aromatic N) is 1. The molecule has 4 rings (SSSR count). The molecule has 3 N–H and O–H groups in total. The zero-order chi connectivity index (χ0) is 17.9. The van der Waals surface area contributed by atoms with Gasteiger partial charge in [0.15, 0.2) is 0 Å². The number of anilines is 1. The van der Waals surface area contributed by atoms with Crippen LogP contribution in [-0.2, 0) is 0 Å². The molecular formula is C21H25N3S2. The van der Waals surface area contributed by atoms with E-state index >= 15 is 0 Å². The summed E-state index contributed by atoms with van der Waals surface area (Å²) in [5.41, 5.74) is 10.7. The third-order valence-corrected chi connectivity index (χ3v) is 6.71. The van der Waals surface area contributed by atoms with Crippen molar-refractivity contribution < 1.29 is 0 Å². The Morgan fingerprint density at radius 2 is 1.85 bits per heavy atom. The van der Waals surface area contributed by atoms with Gasteiger partial charge in [0, 0.05) is 36.2 Å². The molecule has 5 heteroatoms. The van der Waals surface area contributed by atoms with E-state index in [9.17, 15) is 0 Å². The van der Waals surface area contributed by atoms with Crippen molar-refractivity contribution in [1.29, 1.82) is 0 Å². The molecule has 0 spiro atoms. The minimum Gasteiger partial charge on any atom is -0.399 e. The average Bonchev–Trinajstić information content (AvgIpc) is 2.67. The van der Waals surface area contributed by atoms with Crippen molar-refractivity contribution in [3.05, 3.63) is 65.2 Å². The fourth-order valence-electron chi connectivity index (χ4n) is 3.98. The second-order valence-electron chi connectivity index (χ2n) is 7.04. The minimum atomic E-state index is 0.0878. The molecule has 2 unspecified atom stereocenters. The maximum Gasteiger partial charge on any atom is 0.0837 e. The number of nitrogens with two attached hydrogens (primary N) is 1. The van der Waals surface area contributed by atoms with Crippen molar-refractivity contribution in [3.8, 4) is 0 Å². The summed E-state index contributed by atoms with van der Waals surface area (Å²) in [4.78, 5) is 3.54. The van der Waals surface area contributed by atoms with Crippen molar-refractivity contribution in [1.82, 2.24) is 10.2 Å². The molecule has 0 saturated carbocycles. The first kappa shape index (κ1) is 17.8. The maximum atomic E-state index is 6.01. The van der Waals surface area contributed by atoms with E-state index in [2.05, 4.69) is 52.3 Å². The summed E-state index contributed by atoms with van der Waals surface area (Å²) in [6.45, 7) is 3.51. The molecule has 0 aliphatic carbocycles. The number of fused-ring (bicyclic) bond motifs is 1. The Balaban J connectivity index is 1.58. The summed E-state index contributed by atoms with van der Waals surface area (Å²) < 4.78 is 0. The molecule has 2 atom stereocenters. The van der Waals surface area contributed by atoms with Crippen molar-refractivity contribution in [2.24, 2.45) is 0 Å². The van der Waals surface area contributed by atoms with Gasteiger partial charge >= 0.3 is 0 Å². The molecule has 2 aliphatic heterocycles. The minimum absolute atomic E-state index is 0.0878. The summed E-state index contributed by atoms with van der Waals surface area (Å²) >= 11 is 7.87. The lowest BCUT2D eigenvalue weighted by Gasteiger charge is -2.36. The van der Waals surface area contributed by atoms with E-state index in [1.54, 1.807) is 0 Å². The number of nitrogens with one attached hydrogen (secondary N) is 1. The molecule has 2 aliphatic rings. The largest absolute Gasteiger partial charge is 0.399 e. The van der Waals surface area contributed by atoms with Gasteiger partial charge in [0.05, 0.1) is 11.0 Å². The van der Waals surface area contributed by atoms with Crippen molar-refractivity contribution in [2.75, 3.05) is 36.9 Å². The Bertz CT molecular complexity index is 786. The molecule has 0 radical (unpaired) electrons. The number of hydrogen-bond acceptors (Lipinski definition) is 4. The van der Waals surface area contributed by atoms with Gasteiger partial charge < -0.3 is 16.0 Å². The van der Waals surface area contributed by atoms with E-state index in [1.165, 1.54) is 41.3 Å². The van der Waals surface area contributed by atoms with Gasteiger partial charge in [-0.2, -0.15) is 11.8 Å². The molecule has 2 aromatic rings. The lowest BCUT2D eigenvalue weighted by molar-refractivity contribution is 0.295. The van der Waals surface area contributed by atoms with Crippen LogP contribution in [-0.4, -0.2) is 41.0 Å². The van der Waals surface area contributed by atoms with Crippen LogP contribution in [0.4, 0.5) is 5.69 Å². The van der Waals surface area contributed by atoms with Crippen LogP contribution >= 0.6 is 24.0 Å². The fourth-order valence-corrected chi connectivity index (χ4v) is 5.32. The first-order chi connectivity index (χ1) is 12.7. The van der Waals surface area contributed by atoms with Gasteiger partial charge in [-0.1, -0.05) is 48.6 Å². The van der Waals surface area contributed by atoms with Crippen LogP contribution in [0.1, 0.15) is 35.1 Å². The molecule has 2 heterocycles. The number of thioether (sulfide) groups is 1. The van der Waals surface area contributed by atoms with Gasteiger partial charge in [-0.05, 0) is 41.8 Å². The van der Waals surface area contributed by atoms with E-state index in [-0.39, 0.29) is 6.04 Å². The van der Waals surface area contributed by atoms with Crippen LogP contribution < -0.4 is 11.1 Å². The Kier molecular flexibility index (Phi) is 5.48. The molecule has 136 valence electrons. The molecule has 2 aromatic carbocycles. The molecule has 0 bridgehead atoms. The van der Waals surface area contributed by atoms with Gasteiger partial charge in [0.2, 0.25) is 0 Å². The highest BCUT2D eigenvalue weighted by Gasteiger charge is 2.31. The van der Waals surface area contributed by atoms with Crippen molar-refractivity contribution >= 4 is 34.7 Å². The quantitative estimate of drug-likeness (QED) is 0.621. The first-order valence-electron chi connectivity index (χ1n) is 9.27. The normalized spacial score (nSPS) is 23.3. The van der Waals surface area contributed by atoms with E-state index in [0.29, 0.717) is 5.92 Å². The topological polar surface area (TPSA) is 41.3 Å². The second-order valence-corrected chi connectivity index (χ2v) is 8.70. The number of rotatable bonds is 4. The van der Waals surface area contributed by atoms with Crippen LogP contribution in [0.5, 0.6) is 0 Å². The molecule has 1 fully saturated rings. The zero-order valence-electron chi connectivity index (χ0n) is 14.9. The summed E-state index contributed by atoms with van der Waals surface area (Å²) in [5.74, 6) is 2.80. The number of benzene rings is 2. The number of hydrogen-bond donors (Lipinski definition) is 2. The average molecular weight is 384 g/mol. The summed E-state index contributed by atoms with van der Waals surface area (Å²) in [6.07, 6.45) is 1.08. The van der Waals surface area contributed by atoms with Gasteiger partial charge in [0.1, 0.15) is 0 Å². The van der Waals surface area contributed by atoms with Gasteiger partial charge in [-0.3, -0.25) is 0 Å². The van der Waals surface area contributed by atoms with E-state index in [4.69, 9.17) is 18.0 Å². The molecule has 0 aromatic heterocycles. The SMILES string of the molecule is Nc1cccc(C2NC(=S)C(CCN3CCSCC3)c3ccccc32)c1. The van der Waals surface area contributed by atoms with Crippen LogP contribution in [0.3, 0.4) is 0 Å². The Labute approximate surface area is 165 Å². The fraction of sp³-hybridized carbons (Fsp3) is 0.381. The van der Waals surface area contributed by atoms with Crippen molar-refractivity contribution in [2.45, 2.75) is 18.4 Å². The van der Waals surface area contributed by atoms with E-state index in [0.717, 1.165) is 23.6 Å². The summed E-state index contributed by atoms with van der Waals surface area (Å²) in [5, 5.41) is 3.61. The maximum absolute atomic E-state index is 6.01. The summed E-state index contributed by atoms with van der Waals surface area (Å²) in [7, 11) is 0. The Hall–Kier alpha value is -1.56. The van der Waals surface area contributed by atoms with Gasteiger partial charge in [-0.15, -0.1) is 0 Å². The van der Waals surface area contributed by atoms with Crippen LogP contribution in [0.25, 0.3) is 0 Å². The highest BCUT2D eigenvalue weighted by molar-refractivity contribution is 7.99. The highest BCUT2D eigenvalue weighted by Crippen LogP contribution is 2.37. The standard InChI is InChI=1S/C21H25N3S2/c22-16-5-3-4-15(14-16)20-18-7-2-1-6-17(18)19(21(25)23-20)8-9-24-10-12-26-13-11-24/h1-7,14,19-20H,8-13,22H2,(H,23,25). The molecule has 1 saturated heterocycles. The van der Waals surface area contributed by atoms with Crippen molar-refractivity contribution in [3.63, 3.8) is 0 Å². The predicted octanol–water partition coefficient (Wildman–Crippen LogP) is 3.81. The lowest BCUT2D eigenvalue weighted by Crippen LogP contribution is -2.40. The molecule has 26 heavy (non-hydrogen) atoms. The lowest BCUT2D eigenvalue weighted by atomic mass is 9.82. The predicted molar refractivity (Wildman–Crippen MR) is 116 cm³/mol. The highest BCUT2D eigenvalue weighted by atomic mass is 32.2. The van der Waals surface area contributed by atoms with E-state index in [1.807, 2.05) is 18.2 Å². The van der Waals surface area contributed by atoms with Crippen LogP contribution in [0.2, 0.25) is 0 Å². The zero-order valence-corrected chi connectivity index (χ0v) is 16.5. The molecule has 3 nitrogen and oxygen atoms in total. The molecular weight excluding hydrogens is 358 g/mol. The van der Waals surface area contributed by atoms with Crippen LogP contribution in [0, 0.1) is 0 Å². The van der Waals surface area contributed by atoms with E-state index < -0.39 is 0 Å². The summed E-state index contributed by atoms with van der Waals surface area (Å²) in [6, 6.07) is 16.9. The van der Waals surface area contributed by atoms with Crippen LogP contribution in [0.15, 0.2) is 48.5 Å². The second kappa shape index (κ2) is 7.99.